The van der Waals surface area contributed by atoms with E-state index >= 15 is 0 Å². The van der Waals surface area contributed by atoms with Gasteiger partial charge in [-0.2, -0.15) is 0 Å². The van der Waals surface area contributed by atoms with Gasteiger partial charge in [-0.3, -0.25) is 4.79 Å². The van der Waals surface area contributed by atoms with Gasteiger partial charge >= 0.3 is 5.97 Å². The highest BCUT2D eigenvalue weighted by Gasteiger charge is 2.19. The molecule has 86 valence electrons. The molecular weight excluding hydrogens is 230 g/mol. The van der Waals surface area contributed by atoms with E-state index in [1.54, 1.807) is 4.90 Å². The molecule has 0 unspecified atom stereocenters. The van der Waals surface area contributed by atoms with Crippen LogP contribution in [0.2, 0.25) is 0 Å². The Morgan fingerprint density at radius 1 is 1.62 bits per heavy atom. The Morgan fingerprint density at radius 3 is 3.12 bits per heavy atom. The van der Waals surface area contributed by atoms with E-state index in [1.807, 2.05) is 0 Å². The molecule has 1 aromatic heterocycles. The summed E-state index contributed by atoms with van der Waals surface area (Å²) in [7, 11) is 0. The van der Waals surface area contributed by atoms with Crippen LogP contribution in [0, 0.1) is 0 Å². The zero-order chi connectivity index (χ0) is 11.5. The van der Waals surface area contributed by atoms with Crippen molar-refractivity contribution in [3.8, 4) is 0 Å². The zero-order valence-corrected chi connectivity index (χ0v) is 9.29. The standard InChI is InChI=1S/C9H11N3O3S/c13-7-5-12(3-1-2-10-7)9-11-4-6(16-9)8(14)15/h4H,1-3,5H2,(H,10,13)(H,14,15). The number of hydrogen-bond acceptors (Lipinski definition) is 5. The first kappa shape index (κ1) is 10.9. The second-order valence-corrected chi connectivity index (χ2v) is 4.45. The molecule has 0 aromatic carbocycles. The number of rotatable bonds is 2. The molecule has 1 aliphatic heterocycles. The number of amides is 1. The minimum Gasteiger partial charge on any atom is -0.477 e. The minimum absolute atomic E-state index is 0.0513. The monoisotopic (exact) mass is 241 g/mol. The summed E-state index contributed by atoms with van der Waals surface area (Å²) in [6, 6.07) is 0. The molecule has 0 aliphatic carbocycles. The molecule has 1 aromatic rings. The summed E-state index contributed by atoms with van der Waals surface area (Å²) in [6.45, 7) is 1.62. The lowest BCUT2D eigenvalue weighted by molar-refractivity contribution is -0.119. The Balaban J connectivity index is 2.15. The van der Waals surface area contributed by atoms with Crippen molar-refractivity contribution in [3.63, 3.8) is 0 Å². The Bertz CT molecular complexity index is 418. The zero-order valence-electron chi connectivity index (χ0n) is 8.47. The number of nitrogens with zero attached hydrogens (tertiary/aromatic N) is 2. The van der Waals surface area contributed by atoms with Gasteiger partial charge in [0, 0.05) is 13.1 Å². The summed E-state index contributed by atoms with van der Waals surface area (Å²) in [5, 5.41) is 12.1. The van der Waals surface area contributed by atoms with Crippen LogP contribution in [0.25, 0.3) is 0 Å². The Kier molecular flexibility index (Phi) is 3.04. The van der Waals surface area contributed by atoms with E-state index in [-0.39, 0.29) is 17.3 Å². The van der Waals surface area contributed by atoms with Crippen molar-refractivity contribution in [2.45, 2.75) is 6.42 Å². The van der Waals surface area contributed by atoms with Gasteiger partial charge < -0.3 is 15.3 Å². The lowest BCUT2D eigenvalue weighted by Gasteiger charge is -2.16. The SMILES string of the molecule is O=C1CN(c2ncc(C(=O)O)s2)CCCN1. The fraction of sp³-hybridized carbons (Fsp3) is 0.444. The van der Waals surface area contributed by atoms with Crippen molar-refractivity contribution in [2.75, 3.05) is 24.5 Å². The second-order valence-electron chi connectivity index (χ2n) is 3.44. The van der Waals surface area contributed by atoms with Crippen LogP contribution in [0.4, 0.5) is 5.13 Å². The van der Waals surface area contributed by atoms with E-state index in [1.165, 1.54) is 6.20 Å². The average Bonchev–Trinajstić information content (AvgIpc) is 2.63. The summed E-state index contributed by atoms with van der Waals surface area (Å²) < 4.78 is 0. The molecule has 0 radical (unpaired) electrons. The third-order valence-electron chi connectivity index (χ3n) is 2.24. The van der Waals surface area contributed by atoms with Gasteiger partial charge in [0.2, 0.25) is 5.91 Å². The van der Waals surface area contributed by atoms with Crippen LogP contribution in [0.15, 0.2) is 6.20 Å². The van der Waals surface area contributed by atoms with Crippen molar-refractivity contribution in [1.82, 2.24) is 10.3 Å². The van der Waals surface area contributed by atoms with Gasteiger partial charge in [0.1, 0.15) is 4.88 Å². The quantitative estimate of drug-likeness (QED) is 0.771. The molecule has 0 saturated carbocycles. The summed E-state index contributed by atoms with van der Waals surface area (Å²) in [4.78, 5) is 28.0. The van der Waals surface area contributed by atoms with E-state index in [0.717, 1.165) is 17.8 Å². The van der Waals surface area contributed by atoms with E-state index in [2.05, 4.69) is 10.3 Å². The summed E-state index contributed by atoms with van der Waals surface area (Å²) in [6.07, 6.45) is 2.17. The number of carboxylic acids is 1. The maximum atomic E-state index is 11.3. The normalized spacial score (nSPS) is 16.8. The van der Waals surface area contributed by atoms with Gasteiger partial charge in [-0.1, -0.05) is 11.3 Å². The Hall–Kier alpha value is -1.63. The molecule has 0 atom stereocenters. The summed E-state index contributed by atoms with van der Waals surface area (Å²) in [5.41, 5.74) is 0. The van der Waals surface area contributed by atoms with Gasteiger partial charge in [-0.25, -0.2) is 9.78 Å². The van der Waals surface area contributed by atoms with Crippen LogP contribution in [-0.4, -0.2) is 41.6 Å². The highest BCUT2D eigenvalue weighted by molar-refractivity contribution is 7.17. The molecule has 0 spiro atoms. The molecule has 1 aliphatic rings. The fourth-order valence-corrected chi connectivity index (χ4v) is 2.26. The summed E-state index contributed by atoms with van der Waals surface area (Å²) in [5.74, 6) is -1.03. The van der Waals surface area contributed by atoms with Crippen LogP contribution in [-0.2, 0) is 4.79 Å². The molecule has 2 heterocycles. The van der Waals surface area contributed by atoms with Crippen LogP contribution in [0.5, 0.6) is 0 Å². The van der Waals surface area contributed by atoms with Gasteiger partial charge in [0.05, 0.1) is 12.7 Å². The van der Waals surface area contributed by atoms with E-state index in [4.69, 9.17) is 5.11 Å². The number of nitrogens with one attached hydrogen (secondary N) is 1. The lowest BCUT2D eigenvalue weighted by Crippen LogP contribution is -2.32. The number of hydrogen-bond donors (Lipinski definition) is 2. The van der Waals surface area contributed by atoms with Gasteiger partial charge in [-0.15, -0.1) is 0 Å². The third kappa shape index (κ3) is 2.30. The van der Waals surface area contributed by atoms with Crippen molar-refractivity contribution < 1.29 is 14.7 Å². The van der Waals surface area contributed by atoms with Crippen molar-refractivity contribution in [1.29, 1.82) is 0 Å². The highest BCUT2D eigenvalue weighted by atomic mass is 32.1. The fourth-order valence-electron chi connectivity index (χ4n) is 1.48. The Morgan fingerprint density at radius 2 is 2.44 bits per heavy atom. The average molecular weight is 241 g/mol. The molecule has 16 heavy (non-hydrogen) atoms. The summed E-state index contributed by atoms with van der Waals surface area (Å²) >= 11 is 1.09. The molecule has 6 nitrogen and oxygen atoms in total. The number of thiazole rings is 1. The van der Waals surface area contributed by atoms with Crippen molar-refractivity contribution in [2.24, 2.45) is 0 Å². The first-order chi connectivity index (χ1) is 7.66. The smallest absolute Gasteiger partial charge is 0.347 e. The maximum absolute atomic E-state index is 11.3. The first-order valence-corrected chi connectivity index (χ1v) is 5.69. The number of carbonyl (C=O) groups excluding carboxylic acids is 1. The predicted molar refractivity (Wildman–Crippen MR) is 58.9 cm³/mol. The van der Waals surface area contributed by atoms with Gasteiger partial charge in [0.15, 0.2) is 5.13 Å². The van der Waals surface area contributed by atoms with E-state index < -0.39 is 5.97 Å². The van der Waals surface area contributed by atoms with E-state index in [9.17, 15) is 9.59 Å². The molecular formula is C9H11N3O3S. The minimum atomic E-state index is -0.983. The number of anilines is 1. The van der Waals surface area contributed by atoms with Crippen molar-refractivity contribution in [3.05, 3.63) is 11.1 Å². The molecule has 1 amide bonds. The first-order valence-electron chi connectivity index (χ1n) is 4.87. The molecule has 7 heteroatoms. The Labute approximate surface area is 95.9 Å². The molecule has 1 fully saturated rings. The second kappa shape index (κ2) is 4.48. The van der Waals surface area contributed by atoms with Crippen LogP contribution >= 0.6 is 11.3 Å². The van der Waals surface area contributed by atoms with Crippen molar-refractivity contribution >= 4 is 28.3 Å². The predicted octanol–water partition coefficient (Wildman–Crippen LogP) is 0.168. The van der Waals surface area contributed by atoms with Gasteiger partial charge in [0.25, 0.3) is 0 Å². The number of carbonyl (C=O) groups is 2. The number of aromatic carboxylic acids is 1. The van der Waals surface area contributed by atoms with Crippen LogP contribution in [0.3, 0.4) is 0 Å². The third-order valence-corrected chi connectivity index (χ3v) is 3.28. The van der Waals surface area contributed by atoms with Gasteiger partial charge in [-0.05, 0) is 6.42 Å². The molecule has 0 bridgehead atoms. The molecule has 2 N–H and O–H groups in total. The molecule has 2 rings (SSSR count). The lowest BCUT2D eigenvalue weighted by atomic mass is 10.4. The number of aromatic nitrogens is 1. The largest absolute Gasteiger partial charge is 0.477 e. The van der Waals surface area contributed by atoms with Crippen LogP contribution in [0.1, 0.15) is 16.1 Å². The van der Waals surface area contributed by atoms with E-state index in [0.29, 0.717) is 18.2 Å². The topological polar surface area (TPSA) is 82.5 Å². The maximum Gasteiger partial charge on any atom is 0.347 e. The number of carboxylic acid groups (broad SMARTS) is 1. The highest BCUT2D eigenvalue weighted by Crippen LogP contribution is 2.22. The molecule has 1 saturated heterocycles. The van der Waals surface area contributed by atoms with Crippen LogP contribution < -0.4 is 10.2 Å².